The molecule has 0 spiro atoms. The van der Waals surface area contributed by atoms with E-state index in [4.69, 9.17) is 4.74 Å². The fourth-order valence-electron chi connectivity index (χ4n) is 1.41. The molecule has 1 aliphatic carbocycles. The Morgan fingerprint density at radius 1 is 1.38 bits per heavy atom. The molecule has 0 fully saturated rings. The second-order valence-corrected chi connectivity index (χ2v) is 3.27. The Morgan fingerprint density at radius 3 is 2.77 bits per heavy atom. The summed E-state index contributed by atoms with van der Waals surface area (Å²) in [6, 6.07) is 0. The van der Waals surface area contributed by atoms with E-state index in [9.17, 15) is 9.90 Å². The summed E-state index contributed by atoms with van der Waals surface area (Å²) in [5, 5.41) is 9.32. The third-order valence-corrected chi connectivity index (χ3v) is 2.07. The molecule has 4 N–H and O–H groups in total. The lowest BCUT2D eigenvalue weighted by molar-refractivity contribution is -0.286. The van der Waals surface area contributed by atoms with Crippen molar-refractivity contribution in [1.29, 1.82) is 0 Å². The van der Waals surface area contributed by atoms with E-state index in [0.29, 0.717) is 0 Å². The van der Waals surface area contributed by atoms with Crippen LogP contribution in [0, 0.1) is 0 Å². The van der Waals surface area contributed by atoms with Crippen LogP contribution in [0.1, 0.15) is 25.7 Å². The number of hydrogen-bond acceptors (Lipinski definition) is 3. The summed E-state index contributed by atoms with van der Waals surface area (Å²) < 4.78 is 4.93. The molecule has 0 radical (unpaired) electrons. The monoisotopic (exact) mass is 186 g/mol. The molecule has 0 bridgehead atoms. The lowest BCUT2D eigenvalue weighted by Crippen LogP contribution is -2.58. The normalized spacial score (nSPS) is 29.1. The lowest BCUT2D eigenvalue weighted by Gasteiger charge is -2.15. The Kier molecular flexibility index (Phi) is 3.92. The molecule has 0 aromatic carbocycles. The van der Waals surface area contributed by atoms with Crippen molar-refractivity contribution in [2.24, 2.45) is 0 Å². The number of quaternary nitrogens is 1. The molecule has 0 aliphatic heterocycles. The fraction of sp³-hybridized carbons (Fsp3) is 0.667. The van der Waals surface area contributed by atoms with Crippen molar-refractivity contribution >= 4 is 6.09 Å². The van der Waals surface area contributed by atoms with Crippen LogP contribution in [-0.2, 0) is 4.74 Å². The van der Waals surface area contributed by atoms with Gasteiger partial charge in [-0.15, -0.1) is 0 Å². The van der Waals surface area contributed by atoms with Gasteiger partial charge in [0.05, 0.1) is 6.10 Å². The van der Waals surface area contributed by atoms with Gasteiger partial charge < -0.3 is 9.84 Å². The van der Waals surface area contributed by atoms with E-state index >= 15 is 0 Å². The van der Waals surface area contributed by atoms with Crippen LogP contribution in [0.15, 0.2) is 12.2 Å². The summed E-state index contributed by atoms with van der Waals surface area (Å²) in [5.41, 5.74) is 3.15. The van der Waals surface area contributed by atoms with Crippen LogP contribution in [0.25, 0.3) is 0 Å². The quantitative estimate of drug-likeness (QED) is 0.575. The lowest BCUT2D eigenvalue weighted by atomic mass is 10.0. The highest BCUT2D eigenvalue weighted by Gasteiger charge is 2.13. The van der Waals surface area contributed by atoms with E-state index in [1.54, 1.807) is 12.2 Å². The fourth-order valence-corrected chi connectivity index (χ4v) is 1.41. The number of rotatable bonds is 1. The average Bonchev–Trinajstić information content (AvgIpc) is 2.03. The molecule has 1 amide bonds. The maximum atomic E-state index is 10.6. The molecule has 0 aromatic heterocycles. The summed E-state index contributed by atoms with van der Waals surface area (Å²) in [7, 11) is 0. The Morgan fingerprint density at radius 2 is 2.08 bits per heavy atom. The van der Waals surface area contributed by atoms with E-state index in [-0.39, 0.29) is 6.10 Å². The van der Waals surface area contributed by atoms with Crippen LogP contribution in [0.4, 0.5) is 4.79 Å². The molecule has 2 atom stereocenters. The van der Waals surface area contributed by atoms with Crippen LogP contribution in [0.5, 0.6) is 0 Å². The number of hydrogen-bond donors (Lipinski definition) is 2. The largest absolute Gasteiger partial charge is 0.511 e. The second kappa shape index (κ2) is 4.99. The highest BCUT2D eigenvalue weighted by atomic mass is 16.6. The molecule has 4 nitrogen and oxygen atoms in total. The first-order chi connectivity index (χ1) is 6.18. The van der Waals surface area contributed by atoms with Crippen LogP contribution < -0.4 is 5.73 Å². The second-order valence-electron chi connectivity index (χ2n) is 3.27. The van der Waals surface area contributed by atoms with E-state index in [2.05, 4.69) is 5.73 Å². The molecule has 0 heterocycles. The standard InChI is InChI=1S/C9H15NO3/c10-9(12)13-8-4-2-1-3-7(11)5-6-8/h5-8,11H,1-4H2,(H2,10,12)/p+1. The predicted octanol–water partition coefficient (Wildman–Crippen LogP) is 0.225. The maximum Gasteiger partial charge on any atom is 0.511 e. The van der Waals surface area contributed by atoms with Crippen LogP contribution in [0.2, 0.25) is 0 Å². The van der Waals surface area contributed by atoms with E-state index in [0.717, 1.165) is 25.7 Å². The van der Waals surface area contributed by atoms with Gasteiger partial charge in [0.2, 0.25) is 0 Å². The third-order valence-electron chi connectivity index (χ3n) is 2.07. The molecule has 1 aliphatic rings. The number of ether oxygens (including phenoxy) is 1. The van der Waals surface area contributed by atoms with E-state index in [1.807, 2.05) is 0 Å². The molecule has 4 heteroatoms. The molecule has 0 aromatic rings. The van der Waals surface area contributed by atoms with Crippen molar-refractivity contribution in [3.05, 3.63) is 12.2 Å². The minimum absolute atomic E-state index is 0.208. The summed E-state index contributed by atoms with van der Waals surface area (Å²) in [6.45, 7) is 0. The molecule has 1 rings (SSSR count). The Bertz CT molecular complexity index is 203. The Balaban J connectivity index is 2.47. The topological polar surface area (TPSA) is 74.2 Å². The number of aliphatic hydroxyl groups is 1. The van der Waals surface area contributed by atoms with Crippen molar-refractivity contribution < 1.29 is 20.4 Å². The first-order valence-corrected chi connectivity index (χ1v) is 4.57. The van der Waals surface area contributed by atoms with Gasteiger partial charge in [0.25, 0.3) is 0 Å². The van der Waals surface area contributed by atoms with Crippen molar-refractivity contribution in [2.75, 3.05) is 0 Å². The SMILES string of the molecule is [NH3+]C(=O)OC1C=CC(O)CCCC1. The molecule has 74 valence electrons. The van der Waals surface area contributed by atoms with E-state index < -0.39 is 12.2 Å². The van der Waals surface area contributed by atoms with Gasteiger partial charge in [-0.05, 0) is 25.3 Å². The number of carbonyl (C=O) groups is 1. The van der Waals surface area contributed by atoms with Gasteiger partial charge in [0.15, 0.2) is 0 Å². The zero-order valence-electron chi connectivity index (χ0n) is 7.61. The van der Waals surface area contributed by atoms with Crippen LogP contribution >= 0.6 is 0 Å². The highest BCUT2D eigenvalue weighted by Crippen LogP contribution is 2.14. The van der Waals surface area contributed by atoms with Gasteiger partial charge >= 0.3 is 6.09 Å². The summed E-state index contributed by atoms with van der Waals surface area (Å²) in [4.78, 5) is 10.6. The van der Waals surface area contributed by atoms with Crippen LogP contribution in [0.3, 0.4) is 0 Å². The zero-order chi connectivity index (χ0) is 9.68. The summed E-state index contributed by atoms with van der Waals surface area (Å²) in [6.07, 6.45) is 5.87. The van der Waals surface area contributed by atoms with E-state index in [1.165, 1.54) is 0 Å². The first-order valence-electron chi connectivity index (χ1n) is 4.57. The molecule has 13 heavy (non-hydrogen) atoms. The first kappa shape index (κ1) is 10.2. The summed E-state index contributed by atoms with van der Waals surface area (Å²) >= 11 is 0. The average molecular weight is 186 g/mol. The molecular weight excluding hydrogens is 170 g/mol. The molecule has 0 saturated carbocycles. The van der Waals surface area contributed by atoms with Crippen molar-refractivity contribution in [3.8, 4) is 0 Å². The van der Waals surface area contributed by atoms with Gasteiger partial charge in [-0.1, -0.05) is 12.5 Å². The highest BCUT2D eigenvalue weighted by molar-refractivity contribution is 5.54. The van der Waals surface area contributed by atoms with Crippen molar-refractivity contribution in [3.63, 3.8) is 0 Å². The van der Waals surface area contributed by atoms with Gasteiger partial charge in [-0.25, -0.2) is 0 Å². The van der Waals surface area contributed by atoms with Gasteiger partial charge in [-0.3, -0.25) is 5.73 Å². The Hall–Kier alpha value is -0.870. The minimum Gasteiger partial charge on any atom is -0.413 e. The minimum atomic E-state index is -0.510. The molecule has 2 unspecified atom stereocenters. The smallest absolute Gasteiger partial charge is 0.413 e. The van der Waals surface area contributed by atoms with Gasteiger partial charge in [0.1, 0.15) is 6.10 Å². The molecular formula is C9H16NO3+. The number of aliphatic hydroxyl groups excluding tert-OH is 1. The third kappa shape index (κ3) is 4.05. The van der Waals surface area contributed by atoms with Crippen molar-refractivity contribution in [2.45, 2.75) is 37.9 Å². The molecule has 0 saturated heterocycles. The van der Waals surface area contributed by atoms with Crippen molar-refractivity contribution in [1.82, 2.24) is 0 Å². The van der Waals surface area contributed by atoms with Crippen LogP contribution in [-0.4, -0.2) is 23.4 Å². The number of amides is 1. The number of carbonyl (C=O) groups excluding carboxylic acids is 1. The van der Waals surface area contributed by atoms with Gasteiger partial charge in [-0.2, -0.15) is 4.79 Å². The zero-order valence-corrected chi connectivity index (χ0v) is 7.61. The van der Waals surface area contributed by atoms with Gasteiger partial charge in [0, 0.05) is 0 Å². The summed E-state index contributed by atoms with van der Waals surface area (Å²) in [5.74, 6) is 0. The maximum absolute atomic E-state index is 10.6. The Labute approximate surface area is 77.4 Å². The predicted molar refractivity (Wildman–Crippen MR) is 46.8 cm³/mol.